The SMILES string of the molecule is O=S(=O)(Cc1ccc(Cl)cc1Cl)c1cc(C(F)(F)F)cc(C(F)(F)F)c1. The lowest BCUT2D eigenvalue weighted by molar-refractivity contribution is -0.143. The van der Waals surface area contributed by atoms with E-state index >= 15 is 0 Å². The topological polar surface area (TPSA) is 34.1 Å². The molecule has 11 heteroatoms. The smallest absolute Gasteiger partial charge is 0.223 e. The molecule has 0 radical (unpaired) electrons. The summed E-state index contributed by atoms with van der Waals surface area (Å²) in [4.78, 5) is -1.11. The molecule has 26 heavy (non-hydrogen) atoms. The Morgan fingerprint density at radius 3 is 1.73 bits per heavy atom. The molecule has 2 rings (SSSR count). The quantitative estimate of drug-likeness (QED) is 0.552. The Balaban J connectivity index is 2.58. The van der Waals surface area contributed by atoms with Gasteiger partial charge in [0.1, 0.15) is 0 Å². The summed E-state index contributed by atoms with van der Waals surface area (Å²) in [6, 6.07) is 3.91. The fourth-order valence-electron chi connectivity index (χ4n) is 2.03. The van der Waals surface area contributed by atoms with E-state index in [0.717, 1.165) is 0 Å². The molecule has 0 amide bonds. The Hall–Kier alpha value is -1.45. The van der Waals surface area contributed by atoms with Gasteiger partial charge in [0.05, 0.1) is 21.8 Å². The molecular formula is C15H8Cl2F6O2S. The number of benzene rings is 2. The molecule has 0 unspecified atom stereocenters. The predicted molar refractivity (Wildman–Crippen MR) is 83.8 cm³/mol. The second kappa shape index (κ2) is 6.94. The number of halogens is 8. The van der Waals surface area contributed by atoms with Crippen molar-refractivity contribution in [3.63, 3.8) is 0 Å². The molecule has 0 aliphatic heterocycles. The molecule has 0 saturated carbocycles. The van der Waals surface area contributed by atoms with Gasteiger partial charge < -0.3 is 0 Å². The molecule has 2 aromatic rings. The third-order valence-corrected chi connectivity index (χ3v) is 5.51. The van der Waals surface area contributed by atoms with Crippen LogP contribution in [0.3, 0.4) is 0 Å². The van der Waals surface area contributed by atoms with Gasteiger partial charge in [-0.15, -0.1) is 0 Å². The van der Waals surface area contributed by atoms with Crippen molar-refractivity contribution >= 4 is 33.0 Å². The minimum absolute atomic E-state index is 0.0120. The number of sulfone groups is 1. The number of hydrogen-bond acceptors (Lipinski definition) is 2. The summed E-state index contributed by atoms with van der Waals surface area (Å²) in [5, 5.41) is 0.110. The lowest BCUT2D eigenvalue weighted by Gasteiger charge is -2.14. The fraction of sp³-hybridized carbons (Fsp3) is 0.200. The van der Waals surface area contributed by atoms with Gasteiger partial charge in [0.15, 0.2) is 9.84 Å². The van der Waals surface area contributed by atoms with Crippen LogP contribution in [0.1, 0.15) is 16.7 Å². The number of rotatable bonds is 3. The van der Waals surface area contributed by atoms with E-state index in [9.17, 15) is 34.8 Å². The van der Waals surface area contributed by atoms with Crippen LogP contribution in [-0.2, 0) is 27.9 Å². The maximum Gasteiger partial charge on any atom is 0.416 e. The Labute approximate surface area is 154 Å². The van der Waals surface area contributed by atoms with E-state index in [1.54, 1.807) is 0 Å². The zero-order valence-corrected chi connectivity index (χ0v) is 14.7. The maximum atomic E-state index is 12.9. The molecule has 0 spiro atoms. The lowest BCUT2D eigenvalue weighted by atomic mass is 10.1. The van der Waals surface area contributed by atoms with Gasteiger partial charge in [-0.05, 0) is 35.9 Å². The number of hydrogen-bond donors (Lipinski definition) is 0. The third-order valence-electron chi connectivity index (χ3n) is 3.28. The second-order valence-corrected chi connectivity index (χ2v) is 8.07. The molecule has 0 aromatic heterocycles. The molecule has 0 fully saturated rings. The molecule has 0 aliphatic rings. The Morgan fingerprint density at radius 1 is 0.808 bits per heavy atom. The monoisotopic (exact) mass is 436 g/mol. The van der Waals surface area contributed by atoms with Gasteiger partial charge in [-0.1, -0.05) is 29.3 Å². The first-order valence-electron chi connectivity index (χ1n) is 6.66. The highest BCUT2D eigenvalue weighted by atomic mass is 35.5. The van der Waals surface area contributed by atoms with E-state index < -0.39 is 44.0 Å². The molecule has 0 N–H and O–H groups in total. The summed E-state index contributed by atoms with van der Waals surface area (Å²) in [5.41, 5.74) is -3.44. The normalized spacial score (nSPS) is 13.1. The van der Waals surface area contributed by atoms with Crippen LogP contribution in [0.4, 0.5) is 26.3 Å². The first kappa shape index (κ1) is 20.9. The second-order valence-electron chi connectivity index (χ2n) is 5.24. The van der Waals surface area contributed by atoms with Gasteiger partial charge >= 0.3 is 12.4 Å². The largest absolute Gasteiger partial charge is 0.416 e. The van der Waals surface area contributed by atoms with Gasteiger partial charge in [-0.3, -0.25) is 0 Å². The van der Waals surface area contributed by atoms with Crippen molar-refractivity contribution in [2.75, 3.05) is 0 Å². The van der Waals surface area contributed by atoms with Crippen molar-refractivity contribution in [2.24, 2.45) is 0 Å². The predicted octanol–water partition coefficient (Wildman–Crippen LogP) is 6.00. The van der Waals surface area contributed by atoms with Crippen molar-refractivity contribution in [3.8, 4) is 0 Å². The van der Waals surface area contributed by atoms with E-state index in [0.29, 0.717) is 0 Å². The Kier molecular flexibility index (Phi) is 5.56. The van der Waals surface area contributed by atoms with Crippen LogP contribution >= 0.6 is 23.2 Å². The highest BCUT2D eigenvalue weighted by Gasteiger charge is 2.38. The van der Waals surface area contributed by atoms with Crippen molar-refractivity contribution in [2.45, 2.75) is 23.0 Å². The van der Waals surface area contributed by atoms with Crippen LogP contribution in [-0.4, -0.2) is 8.42 Å². The maximum absolute atomic E-state index is 12.9. The fourth-order valence-corrected chi connectivity index (χ4v) is 4.03. The average molecular weight is 437 g/mol. The summed E-state index contributed by atoms with van der Waals surface area (Å²) < 4.78 is 102. The van der Waals surface area contributed by atoms with E-state index in [2.05, 4.69) is 0 Å². The Morgan fingerprint density at radius 2 is 1.31 bits per heavy atom. The van der Waals surface area contributed by atoms with E-state index in [1.807, 2.05) is 0 Å². The third kappa shape index (κ3) is 4.83. The standard InChI is InChI=1S/C15H8Cl2F6O2S/c16-11-2-1-8(13(17)6-11)7-26(24,25)12-4-9(14(18,19)20)3-10(5-12)15(21,22)23/h1-6H,7H2. The number of alkyl halides is 6. The minimum Gasteiger partial charge on any atom is -0.223 e. The van der Waals surface area contributed by atoms with Gasteiger partial charge in [0, 0.05) is 10.0 Å². The van der Waals surface area contributed by atoms with Crippen LogP contribution in [0.5, 0.6) is 0 Å². The first-order valence-corrected chi connectivity index (χ1v) is 9.07. The van der Waals surface area contributed by atoms with Crippen molar-refractivity contribution < 1.29 is 34.8 Å². The summed E-state index contributed by atoms with van der Waals surface area (Å²) in [6.07, 6.45) is -10.3. The molecule has 142 valence electrons. The minimum atomic E-state index is -5.15. The van der Waals surface area contributed by atoms with Crippen LogP contribution in [0.25, 0.3) is 0 Å². The molecule has 0 heterocycles. The van der Waals surface area contributed by atoms with Gasteiger partial charge in [-0.25, -0.2) is 8.42 Å². The zero-order valence-electron chi connectivity index (χ0n) is 12.4. The van der Waals surface area contributed by atoms with Crippen molar-refractivity contribution in [3.05, 3.63) is 63.1 Å². The highest BCUT2D eigenvalue weighted by molar-refractivity contribution is 7.90. The summed E-state index contributed by atoms with van der Waals surface area (Å²) >= 11 is 11.5. The summed E-state index contributed by atoms with van der Waals surface area (Å²) in [6.45, 7) is 0. The molecule has 0 atom stereocenters. The van der Waals surface area contributed by atoms with E-state index in [4.69, 9.17) is 23.2 Å². The van der Waals surface area contributed by atoms with Crippen molar-refractivity contribution in [1.82, 2.24) is 0 Å². The molecular weight excluding hydrogens is 429 g/mol. The van der Waals surface area contributed by atoms with Gasteiger partial charge in [0.2, 0.25) is 0 Å². The highest BCUT2D eigenvalue weighted by Crippen LogP contribution is 2.38. The van der Waals surface area contributed by atoms with Crippen LogP contribution < -0.4 is 0 Å². The van der Waals surface area contributed by atoms with Crippen LogP contribution in [0.2, 0.25) is 10.0 Å². The van der Waals surface area contributed by atoms with E-state index in [-0.39, 0.29) is 33.8 Å². The average Bonchev–Trinajstić information content (AvgIpc) is 2.48. The first-order chi connectivity index (χ1) is 11.7. The molecule has 2 nitrogen and oxygen atoms in total. The van der Waals surface area contributed by atoms with Crippen LogP contribution in [0.15, 0.2) is 41.3 Å². The van der Waals surface area contributed by atoms with Crippen molar-refractivity contribution in [1.29, 1.82) is 0 Å². The summed E-state index contributed by atoms with van der Waals surface area (Å²) in [7, 11) is -4.54. The summed E-state index contributed by atoms with van der Waals surface area (Å²) in [5.74, 6) is -0.887. The van der Waals surface area contributed by atoms with Gasteiger partial charge in [0.25, 0.3) is 0 Å². The van der Waals surface area contributed by atoms with Crippen LogP contribution in [0, 0.1) is 0 Å². The van der Waals surface area contributed by atoms with Gasteiger partial charge in [-0.2, -0.15) is 26.3 Å². The molecule has 0 aliphatic carbocycles. The van der Waals surface area contributed by atoms with E-state index in [1.165, 1.54) is 18.2 Å². The molecule has 0 saturated heterocycles. The lowest BCUT2D eigenvalue weighted by Crippen LogP contribution is -2.14. The molecule has 2 aromatic carbocycles. The zero-order chi connectivity index (χ0) is 19.9. The Bertz CT molecular complexity index is 904. The molecule has 0 bridgehead atoms.